The van der Waals surface area contributed by atoms with Gasteiger partial charge in [0.1, 0.15) is 5.76 Å². The van der Waals surface area contributed by atoms with Crippen molar-refractivity contribution in [1.82, 2.24) is 10.3 Å². The van der Waals surface area contributed by atoms with Gasteiger partial charge in [-0.3, -0.25) is 0 Å². The van der Waals surface area contributed by atoms with Gasteiger partial charge in [0.15, 0.2) is 0 Å². The molecule has 108 valence electrons. The van der Waals surface area contributed by atoms with Gasteiger partial charge in [-0.15, -0.1) is 12.4 Å². The van der Waals surface area contributed by atoms with Crippen LogP contribution in [0.5, 0.6) is 0 Å². The largest absolute Gasteiger partial charge is 0.444 e. The van der Waals surface area contributed by atoms with E-state index in [1.54, 1.807) is 0 Å². The van der Waals surface area contributed by atoms with Crippen molar-refractivity contribution in [1.29, 1.82) is 0 Å². The van der Waals surface area contributed by atoms with E-state index in [1.165, 1.54) is 12.8 Å². The molecule has 2 aromatic rings. The number of piperidine rings is 1. The minimum Gasteiger partial charge on any atom is -0.444 e. The lowest BCUT2D eigenvalue weighted by Gasteiger charge is -2.20. The number of halogens is 2. The zero-order chi connectivity index (χ0) is 13.1. The summed E-state index contributed by atoms with van der Waals surface area (Å²) in [5, 5.41) is 4.20. The third-order valence-electron chi connectivity index (χ3n) is 3.45. The van der Waals surface area contributed by atoms with Gasteiger partial charge in [-0.1, -0.05) is 30.2 Å². The number of oxazole rings is 1. The van der Waals surface area contributed by atoms with Crippen molar-refractivity contribution in [2.45, 2.75) is 31.7 Å². The van der Waals surface area contributed by atoms with Crippen LogP contribution < -0.4 is 5.32 Å². The van der Waals surface area contributed by atoms with Crippen molar-refractivity contribution in [2.24, 2.45) is 0 Å². The first kappa shape index (κ1) is 15.4. The summed E-state index contributed by atoms with van der Waals surface area (Å²) in [4.78, 5) is 4.40. The molecule has 1 atom stereocenters. The van der Waals surface area contributed by atoms with Gasteiger partial charge in [0.2, 0.25) is 5.89 Å². The molecule has 1 aromatic carbocycles. The van der Waals surface area contributed by atoms with E-state index in [2.05, 4.69) is 10.3 Å². The Morgan fingerprint density at radius 3 is 3.00 bits per heavy atom. The van der Waals surface area contributed by atoms with Gasteiger partial charge >= 0.3 is 0 Å². The fraction of sp³-hybridized carbons (Fsp3) is 0.400. The zero-order valence-electron chi connectivity index (χ0n) is 11.1. The molecule has 0 bridgehead atoms. The predicted molar refractivity (Wildman–Crippen MR) is 82.6 cm³/mol. The van der Waals surface area contributed by atoms with Crippen LogP contribution in [0.4, 0.5) is 0 Å². The number of aromatic nitrogens is 1. The van der Waals surface area contributed by atoms with E-state index in [1.807, 2.05) is 30.5 Å². The van der Waals surface area contributed by atoms with Crippen LogP contribution in [0.1, 0.15) is 42.5 Å². The van der Waals surface area contributed by atoms with E-state index in [4.69, 9.17) is 16.0 Å². The third kappa shape index (κ3) is 3.75. The summed E-state index contributed by atoms with van der Waals surface area (Å²) in [7, 11) is 0. The highest BCUT2D eigenvalue weighted by atomic mass is 35.5. The maximum Gasteiger partial charge on any atom is 0.211 e. The van der Waals surface area contributed by atoms with Crippen molar-refractivity contribution in [3.05, 3.63) is 52.7 Å². The van der Waals surface area contributed by atoms with E-state index in [-0.39, 0.29) is 18.4 Å². The summed E-state index contributed by atoms with van der Waals surface area (Å²) in [6, 6.07) is 8.12. The fourth-order valence-electron chi connectivity index (χ4n) is 2.48. The highest BCUT2D eigenvalue weighted by Crippen LogP contribution is 2.23. The Morgan fingerprint density at radius 1 is 1.35 bits per heavy atom. The summed E-state index contributed by atoms with van der Waals surface area (Å²) in [6.45, 7) is 1.05. The lowest BCUT2D eigenvalue weighted by molar-refractivity contribution is 0.331. The molecule has 3 nitrogen and oxygen atoms in total. The van der Waals surface area contributed by atoms with Gasteiger partial charge in [-0.05, 0) is 37.1 Å². The average Bonchev–Trinajstić information content (AvgIpc) is 2.88. The molecule has 1 aromatic heterocycles. The molecule has 1 unspecified atom stereocenters. The smallest absolute Gasteiger partial charge is 0.211 e. The summed E-state index contributed by atoms with van der Waals surface area (Å²) < 4.78 is 5.85. The maximum absolute atomic E-state index is 5.98. The third-order valence-corrected chi connectivity index (χ3v) is 3.68. The molecule has 1 N–H and O–H groups in total. The van der Waals surface area contributed by atoms with Crippen LogP contribution in [0.2, 0.25) is 5.02 Å². The van der Waals surface area contributed by atoms with Crippen LogP contribution >= 0.6 is 24.0 Å². The Labute approximate surface area is 130 Å². The van der Waals surface area contributed by atoms with E-state index in [0.717, 1.165) is 41.6 Å². The number of rotatable bonds is 3. The highest BCUT2D eigenvalue weighted by Gasteiger charge is 2.19. The van der Waals surface area contributed by atoms with Crippen molar-refractivity contribution in [3.8, 4) is 0 Å². The molecule has 5 heteroatoms. The van der Waals surface area contributed by atoms with Crippen molar-refractivity contribution in [2.75, 3.05) is 6.54 Å². The van der Waals surface area contributed by atoms with Crippen LogP contribution in [-0.4, -0.2) is 11.5 Å². The second kappa shape index (κ2) is 7.11. The zero-order valence-corrected chi connectivity index (χ0v) is 12.7. The Bertz CT molecular complexity index is 550. The summed E-state index contributed by atoms with van der Waals surface area (Å²) in [5.74, 6) is 1.71. The summed E-state index contributed by atoms with van der Waals surface area (Å²) in [5.41, 5.74) is 1.15. The van der Waals surface area contributed by atoms with Gasteiger partial charge < -0.3 is 9.73 Å². The Kier molecular flexibility index (Phi) is 5.46. The first-order valence-corrected chi connectivity index (χ1v) is 7.11. The molecule has 0 radical (unpaired) electrons. The molecule has 0 amide bonds. The molecule has 0 saturated carbocycles. The minimum atomic E-state index is 0. The second-order valence-electron chi connectivity index (χ2n) is 4.97. The van der Waals surface area contributed by atoms with Crippen LogP contribution in [-0.2, 0) is 6.42 Å². The number of nitrogens with one attached hydrogen (secondary N) is 1. The lowest BCUT2D eigenvalue weighted by Crippen LogP contribution is -2.26. The summed E-state index contributed by atoms with van der Waals surface area (Å²) >= 11 is 5.98. The number of nitrogens with zero attached hydrogens (tertiary/aromatic N) is 1. The first-order valence-electron chi connectivity index (χ1n) is 6.74. The van der Waals surface area contributed by atoms with Gasteiger partial charge in [-0.25, -0.2) is 4.98 Å². The molecule has 1 aliphatic rings. The fourth-order valence-corrected chi connectivity index (χ4v) is 2.69. The molecule has 20 heavy (non-hydrogen) atoms. The molecule has 2 heterocycles. The van der Waals surface area contributed by atoms with E-state index >= 15 is 0 Å². The van der Waals surface area contributed by atoms with Crippen molar-refractivity contribution >= 4 is 24.0 Å². The van der Waals surface area contributed by atoms with E-state index in [0.29, 0.717) is 0 Å². The van der Waals surface area contributed by atoms with Crippen LogP contribution in [0.15, 0.2) is 34.9 Å². The Morgan fingerprint density at radius 2 is 2.25 bits per heavy atom. The van der Waals surface area contributed by atoms with Crippen molar-refractivity contribution in [3.63, 3.8) is 0 Å². The predicted octanol–water partition coefficient (Wildman–Crippen LogP) is 4.16. The molecular weight excluding hydrogens is 295 g/mol. The minimum absolute atomic E-state index is 0. The number of hydrogen-bond acceptors (Lipinski definition) is 3. The topological polar surface area (TPSA) is 38.1 Å². The molecule has 3 rings (SSSR count). The van der Waals surface area contributed by atoms with Crippen molar-refractivity contribution < 1.29 is 4.42 Å². The lowest BCUT2D eigenvalue weighted by atomic mass is 10.1. The Balaban J connectivity index is 0.00000147. The quantitative estimate of drug-likeness (QED) is 0.925. The highest BCUT2D eigenvalue weighted by molar-refractivity contribution is 6.30. The number of benzene rings is 1. The van der Waals surface area contributed by atoms with Gasteiger partial charge in [0, 0.05) is 11.4 Å². The van der Waals surface area contributed by atoms with Gasteiger partial charge in [-0.2, -0.15) is 0 Å². The molecule has 1 saturated heterocycles. The van der Waals surface area contributed by atoms with E-state index < -0.39 is 0 Å². The Hall–Kier alpha value is -1.03. The molecule has 1 fully saturated rings. The molecule has 1 aliphatic heterocycles. The van der Waals surface area contributed by atoms with E-state index in [9.17, 15) is 0 Å². The number of hydrogen-bond donors (Lipinski definition) is 1. The van der Waals surface area contributed by atoms with Crippen LogP contribution in [0.3, 0.4) is 0 Å². The standard InChI is InChI=1S/C15H17ClN2O.ClH/c16-12-5-3-4-11(8-12)9-13-10-18-15(19-13)14-6-1-2-7-17-14;/h3-5,8,10,14,17H,1-2,6-7,9H2;1H. The average molecular weight is 313 g/mol. The van der Waals surface area contributed by atoms with Crippen LogP contribution in [0.25, 0.3) is 0 Å². The maximum atomic E-state index is 5.98. The normalized spacial score (nSPS) is 18.6. The van der Waals surface area contributed by atoms with Crippen LogP contribution in [0, 0.1) is 0 Å². The summed E-state index contributed by atoms with van der Waals surface area (Å²) in [6.07, 6.45) is 6.15. The second-order valence-corrected chi connectivity index (χ2v) is 5.41. The van der Waals surface area contributed by atoms with Gasteiger partial charge in [0.25, 0.3) is 0 Å². The molecular formula is C15H18Cl2N2O. The molecule has 0 aliphatic carbocycles. The SMILES string of the molecule is Cl.Clc1cccc(Cc2cnc(C3CCCCN3)o2)c1. The van der Waals surface area contributed by atoms with Gasteiger partial charge in [0.05, 0.1) is 12.2 Å². The monoisotopic (exact) mass is 312 g/mol. The first-order chi connectivity index (χ1) is 9.31. The molecule has 0 spiro atoms.